The third-order valence-electron chi connectivity index (χ3n) is 7.47. The number of carbonyl (C=O) groups excluding carboxylic acids is 1. The van der Waals surface area contributed by atoms with Gasteiger partial charge in [-0.25, -0.2) is 0 Å². The highest BCUT2D eigenvalue weighted by Crippen LogP contribution is 2.61. The van der Waals surface area contributed by atoms with Gasteiger partial charge < -0.3 is 15.6 Å². The van der Waals surface area contributed by atoms with E-state index < -0.39 is 0 Å². The summed E-state index contributed by atoms with van der Waals surface area (Å²) in [4.78, 5) is 11.4. The fourth-order valence-electron chi connectivity index (χ4n) is 5.93. The molecule has 4 rings (SSSR count). The lowest BCUT2D eigenvalue weighted by molar-refractivity contribution is -0.137. The van der Waals surface area contributed by atoms with Crippen LogP contribution in [0, 0.1) is 22.7 Å². The molecule has 0 aromatic carbocycles. The third-order valence-corrected chi connectivity index (χ3v) is 7.47. The highest BCUT2D eigenvalue weighted by atomic mass is 16.5. The van der Waals surface area contributed by atoms with Gasteiger partial charge in [-0.2, -0.15) is 0 Å². The number of allylic oxidation sites excluding steroid dienone is 3. The first kappa shape index (κ1) is 17.0. The highest BCUT2D eigenvalue weighted by Gasteiger charge is 2.54. The van der Waals surface area contributed by atoms with Gasteiger partial charge in [-0.3, -0.25) is 4.79 Å². The maximum atomic E-state index is 11.4. The van der Waals surface area contributed by atoms with Crippen molar-refractivity contribution < 1.29 is 14.6 Å². The van der Waals surface area contributed by atoms with Crippen LogP contribution < -0.4 is 5.73 Å². The zero-order valence-corrected chi connectivity index (χ0v) is 15.4. The number of aliphatic hydroxyl groups excluding tert-OH is 1. The summed E-state index contributed by atoms with van der Waals surface area (Å²) in [5.41, 5.74) is 9.30. The van der Waals surface area contributed by atoms with Gasteiger partial charge in [0.25, 0.3) is 0 Å². The molecular formula is C21H29NO3. The number of ether oxygens (including phenoxy) is 1. The number of aliphatic hydroxyl groups is 1. The monoisotopic (exact) mass is 343 g/mol. The van der Waals surface area contributed by atoms with E-state index in [-0.39, 0.29) is 28.9 Å². The maximum Gasteiger partial charge on any atom is 0.307 e. The molecule has 4 aliphatic carbocycles. The lowest BCUT2D eigenvalue weighted by Crippen LogP contribution is -2.48. The van der Waals surface area contributed by atoms with E-state index in [1.807, 2.05) is 6.08 Å². The van der Waals surface area contributed by atoms with Crippen molar-refractivity contribution in [2.75, 3.05) is 0 Å². The summed E-state index contributed by atoms with van der Waals surface area (Å²) in [6.07, 6.45) is 11.2. The van der Waals surface area contributed by atoms with E-state index in [4.69, 9.17) is 10.5 Å². The van der Waals surface area contributed by atoms with Crippen molar-refractivity contribution in [1.29, 1.82) is 0 Å². The molecular weight excluding hydrogens is 314 g/mol. The first-order valence-corrected chi connectivity index (χ1v) is 9.52. The molecule has 4 nitrogen and oxygen atoms in total. The quantitative estimate of drug-likeness (QED) is 0.566. The highest BCUT2D eigenvalue weighted by molar-refractivity contribution is 5.68. The minimum absolute atomic E-state index is 0.114. The van der Waals surface area contributed by atoms with Crippen LogP contribution in [-0.4, -0.2) is 23.2 Å². The SMILES string of the molecule is CC(=O)OC1=CC2=C3CCC4C[C@@H](O)C=C[C@]4(C)[C@H]3CC[C@]2(C)[C@H]1N. The van der Waals surface area contributed by atoms with Gasteiger partial charge in [0, 0.05) is 12.3 Å². The predicted octanol–water partition coefficient (Wildman–Crippen LogP) is 3.22. The molecule has 0 aliphatic heterocycles. The summed E-state index contributed by atoms with van der Waals surface area (Å²) in [6, 6.07) is -0.242. The molecule has 136 valence electrons. The number of rotatable bonds is 1. The Balaban J connectivity index is 1.78. The molecule has 0 amide bonds. The number of esters is 1. The molecule has 0 radical (unpaired) electrons. The summed E-state index contributed by atoms with van der Waals surface area (Å²) in [6.45, 7) is 6.01. The lowest BCUT2D eigenvalue weighted by Gasteiger charge is -2.54. The molecule has 0 bridgehead atoms. The molecule has 0 aromatic heterocycles. The Morgan fingerprint density at radius 2 is 2.12 bits per heavy atom. The summed E-state index contributed by atoms with van der Waals surface area (Å²) < 4.78 is 5.42. The Morgan fingerprint density at radius 1 is 1.36 bits per heavy atom. The maximum absolute atomic E-state index is 11.4. The molecule has 1 unspecified atom stereocenters. The van der Waals surface area contributed by atoms with E-state index in [1.54, 1.807) is 0 Å². The molecule has 0 aromatic rings. The standard InChI is InChI=1S/C21H29NO3/c1-12(23)25-18-11-17-15-5-4-13-10-14(24)6-8-20(13,2)16(15)7-9-21(17,3)19(18)22/h6,8,11,13-14,16,19,24H,4-5,7,9-10,22H2,1-3H3/t13?,14-,16-,19-,20-,21-/m0/s1. The van der Waals surface area contributed by atoms with Crippen LogP contribution in [0.25, 0.3) is 0 Å². The van der Waals surface area contributed by atoms with Crippen LogP contribution in [0.5, 0.6) is 0 Å². The largest absolute Gasteiger partial charge is 0.430 e. The van der Waals surface area contributed by atoms with Crippen LogP contribution >= 0.6 is 0 Å². The molecule has 25 heavy (non-hydrogen) atoms. The molecule has 3 N–H and O–H groups in total. The third kappa shape index (κ3) is 2.37. The minimum atomic E-state index is -0.300. The van der Waals surface area contributed by atoms with Gasteiger partial charge >= 0.3 is 5.97 Å². The fourth-order valence-corrected chi connectivity index (χ4v) is 5.93. The minimum Gasteiger partial charge on any atom is -0.430 e. The average Bonchev–Trinajstić information content (AvgIpc) is 2.79. The van der Waals surface area contributed by atoms with Gasteiger partial charge in [0.1, 0.15) is 5.76 Å². The van der Waals surface area contributed by atoms with Crippen LogP contribution in [0.4, 0.5) is 0 Å². The van der Waals surface area contributed by atoms with Gasteiger partial charge in [0.05, 0.1) is 12.1 Å². The molecule has 0 spiro atoms. The van der Waals surface area contributed by atoms with Crippen LogP contribution in [0.15, 0.2) is 35.1 Å². The van der Waals surface area contributed by atoms with E-state index in [2.05, 4.69) is 26.0 Å². The number of carbonyl (C=O) groups is 1. The summed E-state index contributed by atoms with van der Waals surface area (Å²) in [7, 11) is 0. The van der Waals surface area contributed by atoms with E-state index in [1.165, 1.54) is 18.1 Å². The second-order valence-electron chi connectivity index (χ2n) is 8.83. The van der Waals surface area contributed by atoms with Gasteiger partial charge in [-0.05, 0) is 61.0 Å². The number of fused-ring (bicyclic) bond motifs is 4. The van der Waals surface area contributed by atoms with Crippen LogP contribution in [-0.2, 0) is 9.53 Å². The molecule has 1 saturated carbocycles. The van der Waals surface area contributed by atoms with Crippen LogP contribution in [0.2, 0.25) is 0 Å². The molecule has 0 saturated heterocycles. The Kier molecular flexibility index (Phi) is 3.79. The van der Waals surface area contributed by atoms with Crippen molar-refractivity contribution in [2.45, 2.75) is 65.0 Å². The van der Waals surface area contributed by atoms with Crippen molar-refractivity contribution in [1.82, 2.24) is 0 Å². The zero-order valence-electron chi connectivity index (χ0n) is 15.4. The molecule has 4 aliphatic rings. The second kappa shape index (κ2) is 5.55. The van der Waals surface area contributed by atoms with Crippen molar-refractivity contribution in [2.24, 2.45) is 28.4 Å². The molecule has 0 heterocycles. The first-order valence-electron chi connectivity index (χ1n) is 9.52. The van der Waals surface area contributed by atoms with Crippen LogP contribution in [0.3, 0.4) is 0 Å². The van der Waals surface area contributed by atoms with Crippen LogP contribution in [0.1, 0.15) is 52.9 Å². The summed E-state index contributed by atoms with van der Waals surface area (Å²) in [5, 5.41) is 10.0. The Labute approximate surface area is 149 Å². The number of hydrogen-bond donors (Lipinski definition) is 2. The molecule has 1 fully saturated rings. The molecule has 4 heteroatoms. The van der Waals surface area contributed by atoms with Crippen molar-refractivity contribution >= 4 is 5.97 Å². The Morgan fingerprint density at radius 3 is 2.84 bits per heavy atom. The number of hydrogen-bond acceptors (Lipinski definition) is 4. The zero-order chi connectivity index (χ0) is 18.0. The lowest BCUT2D eigenvalue weighted by atomic mass is 9.51. The van der Waals surface area contributed by atoms with E-state index in [0.717, 1.165) is 32.1 Å². The first-order chi connectivity index (χ1) is 11.8. The summed E-state index contributed by atoms with van der Waals surface area (Å²) in [5.74, 6) is 1.36. The fraction of sp³-hybridized carbons (Fsp3) is 0.667. The van der Waals surface area contributed by atoms with Gasteiger partial charge in [-0.1, -0.05) is 31.6 Å². The average molecular weight is 343 g/mol. The van der Waals surface area contributed by atoms with Gasteiger partial charge in [-0.15, -0.1) is 0 Å². The summed E-state index contributed by atoms with van der Waals surface area (Å²) >= 11 is 0. The van der Waals surface area contributed by atoms with E-state index in [9.17, 15) is 9.90 Å². The van der Waals surface area contributed by atoms with Gasteiger partial charge in [0.15, 0.2) is 0 Å². The predicted molar refractivity (Wildman–Crippen MR) is 96.3 cm³/mol. The number of nitrogens with two attached hydrogens (primary N) is 1. The van der Waals surface area contributed by atoms with E-state index >= 15 is 0 Å². The van der Waals surface area contributed by atoms with Gasteiger partial charge in [0.2, 0.25) is 0 Å². The normalized spacial score (nSPS) is 45.4. The topological polar surface area (TPSA) is 72.5 Å². The smallest absolute Gasteiger partial charge is 0.307 e. The Bertz CT molecular complexity index is 706. The van der Waals surface area contributed by atoms with Crippen molar-refractivity contribution in [3.8, 4) is 0 Å². The molecule has 6 atom stereocenters. The second-order valence-corrected chi connectivity index (χ2v) is 8.83. The Hall–Kier alpha value is -1.39. The van der Waals surface area contributed by atoms with Crippen molar-refractivity contribution in [3.05, 3.63) is 35.1 Å². The van der Waals surface area contributed by atoms with E-state index in [0.29, 0.717) is 17.6 Å². The van der Waals surface area contributed by atoms with Crippen molar-refractivity contribution in [3.63, 3.8) is 0 Å².